The van der Waals surface area contributed by atoms with Crippen LogP contribution in [0.2, 0.25) is 0 Å². The fraction of sp³-hybridized carbons (Fsp3) is 0.632. The molecule has 0 radical (unpaired) electrons. The molecule has 1 aromatic rings. The Kier molecular flexibility index (Phi) is 18.4. The first-order valence-corrected chi connectivity index (χ1v) is 9.04. The van der Waals surface area contributed by atoms with Crippen molar-refractivity contribution in [1.29, 1.82) is 0 Å². The smallest absolute Gasteiger partial charge is 0.159 e. The SMILES string of the molecule is CC[N+](CC)(CC)CCCCC(=S)OC.CN.c1ccccc1. The van der Waals surface area contributed by atoms with E-state index in [0.717, 1.165) is 17.9 Å². The molecule has 0 aliphatic rings. The van der Waals surface area contributed by atoms with Crippen LogP contribution in [0.3, 0.4) is 0 Å². The summed E-state index contributed by atoms with van der Waals surface area (Å²) in [6, 6.07) is 12.0. The molecule has 0 amide bonds. The summed E-state index contributed by atoms with van der Waals surface area (Å²) in [4.78, 5) is 0. The van der Waals surface area contributed by atoms with Gasteiger partial charge in [-0.15, -0.1) is 0 Å². The van der Waals surface area contributed by atoms with Gasteiger partial charge in [-0.25, -0.2) is 0 Å². The molecule has 0 fully saturated rings. The molecule has 134 valence electrons. The molecular formula is C19H37N2OS+. The zero-order chi connectivity index (χ0) is 18.0. The number of nitrogens with two attached hydrogens (primary N) is 1. The molecule has 1 rings (SSSR count). The standard InChI is InChI=1S/C12H26NOS.C6H6.CH5N/c1-5-13(6-2,7-3)11-9-8-10-12(15)14-4;1-2-4-6-5-3-1;1-2/h5-11H2,1-4H3;1-6H;2H2,1H3/q+1;;. The molecule has 0 atom stereocenters. The largest absolute Gasteiger partial charge is 0.490 e. The third-order valence-corrected chi connectivity index (χ3v) is 4.54. The molecule has 0 aliphatic heterocycles. The highest BCUT2D eigenvalue weighted by atomic mass is 32.1. The Bertz CT molecular complexity index is 319. The lowest BCUT2D eigenvalue weighted by atomic mass is 10.2. The lowest BCUT2D eigenvalue weighted by Crippen LogP contribution is -2.48. The average Bonchev–Trinajstić information content (AvgIpc) is 2.66. The second-order valence-corrected chi connectivity index (χ2v) is 5.66. The maximum absolute atomic E-state index is 5.02. The number of methoxy groups -OCH3 is 1. The van der Waals surface area contributed by atoms with Crippen molar-refractivity contribution < 1.29 is 9.22 Å². The van der Waals surface area contributed by atoms with Crippen LogP contribution in [0.15, 0.2) is 36.4 Å². The van der Waals surface area contributed by atoms with Crippen molar-refractivity contribution >= 4 is 17.3 Å². The number of quaternary nitrogens is 1. The van der Waals surface area contributed by atoms with Crippen molar-refractivity contribution in [2.75, 3.05) is 40.3 Å². The Hall–Kier alpha value is -0.970. The molecule has 0 aliphatic carbocycles. The second-order valence-electron chi connectivity index (χ2n) is 5.20. The summed E-state index contributed by atoms with van der Waals surface area (Å²) < 4.78 is 6.22. The van der Waals surface area contributed by atoms with E-state index in [1.807, 2.05) is 36.4 Å². The van der Waals surface area contributed by atoms with E-state index in [-0.39, 0.29) is 0 Å². The first-order valence-electron chi connectivity index (χ1n) is 8.63. The Balaban J connectivity index is 0. The summed E-state index contributed by atoms with van der Waals surface area (Å²) in [5.74, 6) is 0. The average molecular weight is 342 g/mol. The molecule has 0 heterocycles. The number of ether oxygens (including phenoxy) is 1. The Morgan fingerprint density at radius 2 is 1.26 bits per heavy atom. The van der Waals surface area contributed by atoms with Crippen LogP contribution < -0.4 is 5.73 Å². The minimum Gasteiger partial charge on any atom is -0.490 e. The zero-order valence-corrected chi connectivity index (χ0v) is 16.6. The quantitative estimate of drug-likeness (QED) is 0.436. The van der Waals surface area contributed by atoms with E-state index < -0.39 is 0 Å². The van der Waals surface area contributed by atoms with Crippen LogP contribution in [0.4, 0.5) is 0 Å². The number of hydrogen-bond acceptors (Lipinski definition) is 3. The van der Waals surface area contributed by atoms with Crippen molar-refractivity contribution in [3.05, 3.63) is 36.4 Å². The van der Waals surface area contributed by atoms with Crippen molar-refractivity contribution in [3.63, 3.8) is 0 Å². The summed E-state index contributed by atoms with van der Waals surface area (Å²) in [6.45, 7) is 11.8. The molecule has 2 N–H and O–H groups in total. The van der Waals surface area contributed by atoms with Gasteiger partial charge in [0.2, 0.25) is 0 Å². The van der Waals surface area contributed by atoms with Gasteiger partial charge in [-0.1, -0.05) is 36.4 Å². The zero-order valence-electron chi connectivity index (χ0n) is 15.8. The summed E-state index contributed by atoms with van der Waals surface area (Å²) in [5, 5.41) is 0.748. The van der Waals surface area contributed by atoms with Gasteiger partial charge in [0.25, 0.3) is 0 Å². The topological polar surface area (TPSA) is 35.2 Å². The van der Waals surface area contributed by atoms with E-state index in [4.69, 9.17) is 17.0 Å². The maximum Gasteiger partial charge on any atom is 0.159 e. The molecular weight excluding hydrogens is 304 g/mol. The third kappa shape index (κ3) is 13.2. The van der Waals surface area contributed by atoms with Crippen molar-refractivity contribution in [2.24, 2.45) is 5.73 Å². The normalized spacial score (nSPS) is 9.83. The highest BCUT2D eigenvalue weighted by Crippen LogP contribution is 2.10. The number of benzene rings is 1. The van der Waals surface area contributed by atoms with Crippen LogP contribution in [-0.2, 0) is 4.74 Å². The van der Waals surface area contributed by atoms with Gasteiger partial charge in [0, 0.05) is 6.42 Å². The lowest BCUT2D eigenvalue weighted by Gasteiger charge is -2.35. The molecule has 3 nitrogen and oxygen atoms in total. The van der Waals surface area contributed by atoms with Gasteiger partial charge in [-0.3, -0.25) is 0 Å². The van der Waals surface area contributed by atoms with Gasteiger partial charge in [-0.2, -0.15) is 0 Å². The maximum atomic E-state index is 5.02. The number of hydrogen-bond donors (Lipinski definition) is 1. The summed E-state index contributed by atoms with van der Waals surface area (Å²) in [5.41, 5.74) is 4.50. The van der Waals surface area contributed by atoms with E-state index in [0.29, 0.717) is 0 Å². The number of thiocarbonyl (C=S) groups is 1. The summed E-state index contributed by atoms with van der Waals surface area (Å²) in [7, 11) is 3.16. The predicted octanol–water partition coefficient (Wildman–Crippen LogP) is 4.27. The van der Waals surface area contributed by atoms with Gasteiger partial charge in [0.05, 0.1) is 33.3 Å². The van der Waals surface area contributed by atoms with Crippen LogP contribution in [0.25, 0.3) is 0 Å². The van der Waals surface area contributed by atoms with Crippen LogP contribution in [0, 0.1) is 0 Å². The van der Waals surface area contributed by atoms with Crippen molar-refractivity contribution in [3.8, 4) is 0 Å². The molecule has 0 saturated heterocycles. The fourth-order valence-corrected chi connectivity index (χ4v) is 2.49. The Morgan fingerprint density at radius 3 is 1.57 bits per heavy atom. The molecule has 23 heavy (non-hydrogen) atoms. The predicted molar refractivity (Wildman–Crippen MR) is 107 cm³/mol. The number of unbranched alkanes of at least 4 members (excludes halogenated alkanes) is 1. The number of nitrogens with zero attached hydrogens (tertiary/aromatic N) is 1. The van der Waals surface area contributed by atoms with E-state index in [2.05, 4.69) is 26.5 Å². The third-order valence-electron chi connectivity index (χ3n) is 4.17. The molecule has 0 aromatic heterocycles. The molecule has 0 saturated carbocycles. The molecule has 0 bridgehead atoms. The highest BCUT2D eigenvalue weighted by Gasteiger charge is 2.19. The Labute approximate surface area is 149 Å². The lowest BCUT2D eigenvalue weighted by molar-refractivity contribution is -0.923. The van der Waals surface area contributed by atoms with Crippen LogP contribution in [-0.4, -0.2) is 49.9 Å². The van der Waals surface area contributed by atoms with Crippen molar-refractivity contribution in [2.45, 2.75) is 40.0 Å². The van der Waals surface area contributed by atoms with Crippen molar-refractivity contribution in [1.82, 2.24) is 0 Å². The minimum atomic E-state index is 0.748. The first kappa shape index (κ1) is 24.3. The highest BCUT2D eigenvalue weighted by molar-refractivity contribution is 7.80. The Morgan fingerprint density at radius 1 is 0.870 bits per heavy atom. The summed E-state index contributed by atoms with van der Waals surface area (Å²) >= 11 is 5.02. The first-order chi connectivity index (χ1) is 11.1. The van der Waals surface area contributed by atoms with Crippen LogP contribution >= 0.6 is 12.2 Å². The van der Waals surface area contributed by atoms with Gasteiger partial charge >= 0.3 is 0 Å². The molecule has 1 aromatic carbocycles. The van der Waals surface area contributed by atoms with E-state index in [1.165, 1.54) is 44.1 Å². The fourth-order valence-electron chi connectivity index (χ4n) is 2.35. The van der Waals surface area contributed by atoms with E-state index >= 15 is 0 Å². The summed E-state index contributed by atoms with van der Waals surface area (Å²) in [6.07, 6.45) is 3.34. The van der Waals surface area contributed by atoms with E-state index in [9.17, 15) is 0 Å². The van der Waals surface area contributed by atoms with Gasteiger partial charge in [0.15, 0.2) is 5.05 Å². The van der Waals surface area contributed by atoms with E-state index in [1.54, 1.807) is 7.11 Å². The monoisotopic (exact) mass is 341 g/mol. The second kappa shape index (κ2) is 17.4. The molecule has 0 unspecified atom stereocenters. The molecule has 0 spiro atoms. The van der Waals surface area contributed by atoms with Gasteiger partial charge < -0.3 is 15.0 Å². The molecule has 4 heteroatoms. The van der Waals surface area contributed by atoms with Gasteiger partial charge in [-0.05, 0) is 52.9 Å². The number of rotatable bonds is 8. The van der Waals surface area contributed by atoms with Gasteiger partial charge in [0.1, 0.15) is 0 Å². The van der Waals surface area contributed by atoms with Crippen LogP contribution in [0.1, 0.15) is 40.0 Å². The minimum absolute atomic E-state index is 0.748. The van der Waals surface area contributed by atoms with Crippen LogP contribution in [0.5, 0.6) is 0 Å².